The molecule has 29 heavy (non-hydrogen) atoms. The first-order valence-electron chi connectivity index (χ1n) is 8.72. The van der Waals surface area contributed by atoms with Gasteiger partial charge in [0.25, 0.3) is 5.91 Å². The fourth-order valence-corrected chi connectivity index (χ4v) is 5.33. The number of benzene rings is 2. The molecule has 0 unspecified atom stereocenters. The van der Waals surface area contributed by atoms with E-state index in [2.05, 4.69) is 10.0 Å². The van der Waals surface area contributed by atoms with Crippen LogP contribution < -0.4 is 14.3 Å². The molecule has 1 aliphatic heterocycles. The maximum Gasteiger partial charge on any atom is 0.251 e. The molecule has 1 heterocycles. The maximum absolute atomic E-state index is 12.3. The van der Waals surface area contributed by atoms with Gasteiger partial charge in [-0.05, 0) is 48.4 Å². The van der Waals surface area contributed by atoms with Crippen LogP contribution in [-0.2, 0) is 26.5 Å². The Morgan fingerprint density at radius 2 is 1.86 bits per heavy atom. The Kier molecular flexibility index (Phi) is 6.18. The number of hydrogen-bond acceptors (Lipinski definition) is 5. The third kappa shape index (κ3) is 5.08. The van der Waals surface area contributed by atoms with Crippen LogP contribution in [0.25, 0.3) is 0 Å². The number of nitrogens with one attached hydrogen (secondary N) is 2. The summed E-state index contributed by atoms with van der Waals surface area (Å²) in [6.07, 6.45) is 1.68. The SMILES string of the molecule is CS(=O)(=O)N1CCc2cc(C(=O)NCCNS(=O)(=O)c3cccc(Cl)c3)ccc21. The van der Waals surface area contributed by atoms with Gasteiger partial charge in [0.1, 0.15) is 0 Å². The highest BCUT2D eigenvalue weighted by atomic mass is 35.5. The van der Waals surface area contributed by atoms with Crippen molar-refractivity contribution in [2.24, 2.45) is 0 Å². The third-order valence-electron chi connectivity index (χ3n) is 4.40. The minimum Gasteiger partial charge on any atom is -0.351 e. The highest BCUT2D eigenvalue weighted by Gasteiger charge is 2.26. The van der Waals surface area contributed by atoms with Gasteiger partial charge in [0.2, 0.25) is 20.0 Å². The monoisotopic (exact) mass is 457 g/mol. The number of rotatable bonds is 7. The molecule has 0 saturated heterocycles. The van der Waals surface area contributed by atoms with Crippen LogP contribution in [0.15, 0.2) is 47.4 Å². The van der Waals surface area contributed by atoms with Crippen LogP contribution in [0.4, 0.5) is 5.69 Å². The Hall–Kier alpha value is -2.14. The van der Waals surface area contributed by atoms with Crippen molar-refractivity contribution in [1.82, 2.24) is 10.0 Å². The molecule has 0 saturated carbocycles. The number of carbonyl (C=O) groups excluding carboxylic acids is 1. The zero-order valence-electron chi connectivity index (χ0n) is 15.6. The second-order valence-electron chi connectivity index (χ2n) is 6.54. The number of amides is 1. The summed E-state index contributed by atoms with van der Waals surface area (Å²) in [5.41, 5.74) is 1.75. The number of anilines is 1. The van der Waals surface area contributed by atoms with Gasteiger partial charge in [0.15, 0.2) is 0 Å². The normalized spacial score (nSPS) is 13.9. The van der Waals surface area contributed by atoms with E-state index in [0.29, 0.717) is 29.2 Å². The van der Waals surface area contributed by atoms with Gasteiger partial charge in [-0.25, -0.2) is 21.6 Å². The first-order valence-corrected chi connectivity index (χ1v) is 12.4. The molecule has 3 rings (SSSR count). The first kappa shape index (κ1) is 21.6. The molecule has 0 bridgehead atoms. The molecule has 0 radical (unpaired) electrons. The second kappa shape index (κ2) is 8.31. The van der Waals surface area contributed by atoms with Crippen LogP contribution in [0.5, 0.6) is 0 Å². The van der Waals surface area contributed by atoms with Gasteiger partial charge in [0.05, 0.1) is 16.8 Å². The number of carbonyl (C=O) groups is 1. The first-order chi connectivity index (χ1) is 13.6. The summed E-state index contributed by atoms with van der Waals surface area (Å²) < 4.78 is 51.7. The van der Waals surface area contributed by atoms with E-state index in [1.807, 2.05) is 0 Å². The van der Waals surface area contributed by atoms with E-state index in [9.17, 15) is 21.6 Å². The van der Waals surface area contributed by atoms with Crippen molar-refractivity contribution in [3.05, 3.63) is 58.6 Å². The lowest BCUT2D eigenvalue weighted by Crippen LogP contribution is -2.34. The molecule has 0 spiro atoms. The fourth-order valence-electron chi connectivity index (χ4n) is 3.04. The number of halogens is 1. The van der Waals surface area contributed by atoms with Gasteiger partial charge in [-0.1, -0.05) is 17.7 Å². The molecule has 1 aliphatic rings. The minimum absolute atomic E-state index is 0.00732. The molecule has 156 valence electrons. The van der Waals surface area contributed by atoms with Crippen molar-refractivity contribution in [3.8, 4) is 0 Å². The Morgan fingerprint density at radius 3 is 2.55 bits per heavy atom. The summed E-state index contributed by atoms with van der Waals surface area (Å²) in [5, 5.41) is 2.96. The summed E-state index contributed by atoms with van der Waals surface area (Å²) >= 11 is 5.81. The van der Waals surface area contributed by atoms with Crippen molar-refractivity contribution in [2.45, 2.75) is 11.3 Å². The third-order valence-corrected chi connectivity index (χ3v) is 7.28. The zero-order chi connectivity index (χ0) is 21.2. The van der Waals surface area contributed by atoms with Crippen molar-refractivity contribution in [2.75, 3.05) is 30.2 Å². The Morgan fingerprint density at radius 1 is 1.10 bits per heavy atom. The number of hydrogen-bond donors (Lipinski definition) is 2. The molecule has 0 fully saturated rings. The average Bonchev–Trinajstić information content (AvgIpc) is 3.08. The minimum atomic E-state index is -3.72. The molecule has 11 heteroatoms. The van der Waals surface area contributed by atoms with Crippen LogP contribution in [-0.4, -0.2) is 48.6 Å². The van der Waals surface area contributed by atoms with Crippen LogP contribution in [0.3, 0.4) is 0 Å². The number of sulfonamides is 2. The summed E-state index contributed by atoms with van der Waals surface area (Å²) in [7, 11) is -7.07. The summed E-state index contributed by atoms with van der Waals surface area (Å²) in [5.74, 6) is -0.368. The predicted molar refractivity (Wildman–Crippen MR) is 111 cm³/mol. The lowest BCUT2D eigenvalue weighted by Gasteiger charge is -2.16. The van der Waals surface area contributed by atoms with Crippen LogP contribution >= 0.6 is 11.6 Å². The lowest BCUT2D eigenvalue weighted by molar-refractivity contribution is 0.0954. The highest BCUT2D eigenvalue weighted by Crippen LogP contribution is 2.30. The molecule has 2 aromatic rings. The van der Waals surface area contributed by atoms with Crippen molar-refractivity contribution in [3.63, 3.8) is 0 Å². The molecular formula is C18H20ClN3O5S2. The zero-order valence-corrected chi connectivity index (χ0v) is 17.9. The van der Waals surface area contributed by atoms with Crippen LogP contribution in [0.1, 0.15) is 15.9 Å². The van der Waals surface area contributed by atoms with E-state index >= 15 is 0 Å². The van der Waals surface area contributed by atoms with Gasteiger partial charge in [-0.15, -0.1) is 0 Å². The average molecular weight is 458 g/mol. The number of fused-ring (bicyclic) bond motifs is 1. The molecular weight excluding hydrogens is 438 g/mol. The Balaban J connectivity index is 1.57. The quantitative estimate of drug-likeness (QED) is 0.610. The van der Waals surface area contributed by atoms with Crippen molar-refractivity contribution >= 4 is 43.2 Å². The van der Waals surface area contributed by atoms with E-state index in [1.54, 1.807) is 24.3 Å². The van der Waals surface area contributed by atoms with E-state index in [1.165, 1.54) is 22.5 Å². The van der Waals surface area contributed by atoms with E-state index in [-0.39, 0.29) is 23.9 Å². The number of nitrogens with zero attached hydrogens (tertiary/aromatic N) is 1. The lowest BCUT2D eigenvalue weighted by atomic mass is 10.1. The van der Waals surface area contributed by atoms with Crippen molar-refractivity contribution in [1.29, 1.82) is 0 Å². The molecule has 2 aromatic carbocycles. The smallest absolute Gasteiger partial charge is 0.251 e. The van der Waals surface area contributed by atoms with Gasteiger partial charge in [0, 0.05) is 30.2 Å². The van der Waals surface area contributed by atoms with Crippen LogP contribution in [0, 0.1) is 0 Å². The molecule has 0 aliphatic carbocycles. The highest BCUT2D eigenvalue weighted by molar-refractivity contribution is 7.92. The van der Waals surface area contributed by atoms with Crippen LogP contribution in [0.2, 0.25) is 5.02 Å². The van der Waals surface area contributed by atoms with E-state index in [4.69, 9.17) is 11.6 Å². The largest absolute Gasteiger partial charge is 0.351 e. The van der Waals surface area contributed by atoms with Gasteiger partial charge >= 0.3 is 0 Å². The fraction of sp³-hybridized carbons (Fsp3) is 0.278. The molecule has 0 atom stereocenters. The van der Waals surface area contributed by atoms with Gasteiger partial charge in [-0.2, -0.15) is 0 Å². The van der Waals surface area contributed by atoms with Crippen molar-refractivity contribution < 1.29 is 21.6 Å². The Labute approximate surface area is 175 Å². The van der Waals surface area contributed by atoms with E-state index in [0.717, 1.165) is 11.8 Å². The predicted octanol–water partition coefficient (Wildman–Crippen LogP) is 1.37. The van der Waals surface area contributed by atoms with Gasteiger partial charge in [-0.3, -0.25) is 9.10 Å². The maximum atomic E-state index is 12.3. The van der Waals surface area contributed by atoms with E-state index < -0.39 is 20.0 Å². The summed E-state index contributed by atoms with van der Waals surface area (Å²) in [4.78, 5) is 12.4. The molecule has 1 amide bonds. The second-order valence-corrected chi connectivity index (χ2v) is 10.6. The summed E-state index contributed by atoms with van der Waals surface area (Å²) in [6, 6.07) is 10.7. The standard InChI is InChI=1S/C18H20ClN3O5S2/c1-28(24,25)22-10-7-13-11-14(5-6-17(13)22)18(23)20-8-9-21-29(26,27)16-4-2-3-15(19)12-16/h2-6,11-12,21H,7-10H2,1H3,(H,20,23). The van der Waals surface area contributed by atoms with Gasteiger partial charge < -0.3 is 5.32 Å². The molecule has 8 nitrogen and oxygen atoms in total. The molecule has 0 aromatic heterocycles. The topological polar surface area (TPSA) is 113 Å². The molecule has 2 N–H and O–H groups in total. The summed E-state index contributed by atoms with van der Waals surface area (Å²) in [6.45, 7) is 0.448. The Bertz CT molecular complexity index is 1150.